The molecule has 31 heavy (non-hydrogen) atoms. The summed E-state index contributed by atoms with van der Waals surface area (Å²) < 4.78 is 4.30. The van der Waals surface area contributed by atoms with Gasteiger partial charge in [0.1, 0.15) is 0 Å². The number of ether oxygens (including phenoxy) is 1. The molecular weight excluding hydrogens is 455 g/mol. The molecule has 4 nitrogen and oxygen atoms in total. The summed E-state index contributed by atoms with van der Waals surface area (Å²) >= 11 is 18.5. The number of amides is 1. The number of hydrogen-bond donors (Lipinski definition) is 1. The van der Waals surface area contributed by atoms with E-state index < -0.39 is 10.0 Å². The summed E-state index contributed by atoms with van der Waals surface area (Å²) in [5.74, 6) is 0.175. The minimum absolute atomic E-state index is 0.196. The van der Waals surface area contributed by atoms with Crippen LogP contribution in [0.15, 0.2) is 42.5 Å². The number of benzene rings is 2. The van der Waals surface area contributed by atoms with Gasteiger partial charge < -0.3 is 15.0 Å². The van der Waals surface area contributed by atoms with Crippen molar-refractivity contribution in [2.45, 2.75) is 54.6 Å². The second-order valence-corrected chi connectivity index (χ2v) is 11.0. The molecule has 0 aliphatic carbocycles. The first kappa shape index (κ1) is 23.1. The third-order valence-corrected chi connectivity index (χ3v) is 7.12. The molecule has 2 aromatic rings. The first-order chi connectivity index (χ1) is 14.9. The summed E-state index contributed by atoms with van der Waals surface area (Å²) in [4.78, 5) is 15.4. The molecule has 0 radical (unpaired) electrons. The number of carbonyl (C=O) groups is 1. The fourth-order valence-corrected chi connectivity index (χ4v) is 5.38. The standard InChI is InChI=1S/C24H29Cl3N2O2/c25-24(26,27)23(31-16-19-10-6-14-29-13-4-3-12-21(19)29)28-22(30)15-18-9-5-8-17-7-1-2-11-20(17)18/h1-2,5,7-9,11,19,21,23H,3-4,6,10,12-16H2,(H,28,30)/t19-,21+,23-/m0/s1. The van der Waals surface area contributed by atoms with Crippen LogP contribution in [0.1, 0.15) is 37.7 Å². The number of fused-ring (bicyclic) bond motifs is 2. The van der Waals surface area contributed by atoms with E-state index in [1.165, 1.54) is 19.3 Å². The minimum atomic E-state index is -1.74. The second-order valence-electron chi connectivity index (χ2n) is 8.64. The third-order valence-electron chi connectivity index (χ3n) is 6.53. The summed E-state index contributed by atoms with van der Waals surface area (Å²) in [6.45, 7) is 2.81. The van der Waals surface area contributed by atoms with E-state index in [4.69, 9.17) is 39.5 Å². The lowest BCUT2D eigenvalue weighted by Gasteiger charge is -2.44. The molecular formula is C24H29Cl3N2O2. The molecule has 2 saturated heterocycles. The Morgan fingerprint density at radius 2 is 1.84 bits per heavy atom. The number of carbonyl (C=O) groups excluding carboxylic acids is 1. The number of halogens is 3. The van der Waals surface area contributed by atoms with Crippen molar-refractivity contribution >= 4 is 51.5 Å². The van der Waals surface area contributed by atoms with Gasteiger partial charge in [0, 0.05) is 6.04 Å². The highest BCUT2D eigenvalue weighted by Gasteiger charge is 2.38. The van der Waals surface area contributed by atoms with Gasteiger partial charge in [-0.2, -0.15) is 0 Å². The van der Waals surface area contributed by atoms with Gasteiger partial charge >= 0.3 is 0 Å². The number of rotatable bonds is 6. The van der Waals surface area contributed by atoms with E-state index in [1.54, 1.807) is 0 Å². The van der Waals surface area contributed by atoms with Crippen LogP contribution >= 0.6 is 34.8 Å². The van der Waals surface area contributed by atoms with E-state index in [0.717, 1.165) is 42.3 Å². The normalized spacial score (nSPS) is 23.3. The zero-order valence-electron chi connectivity index (χ0n) is 17.5. The van der Waals surface area contributed by atoms with Crippen LogP contribution in [-0.4, -0.2) is 46.6 Å². The molecule has 2 fully saturated rings. The van der Waals surface area contributed by atoms with Crippen molar-refractivity contribution in [2.75, 3.05) is 19.7 Å². The zero-order valence-corrected chi connectivity index (χ0v) is 19.8. The van der Waals surface area contributed by atoms with E-state index >= 15 is 0 Å². The molecule has 2 aromatic carbocycles. The van der Waals surface area contributed by atoms with Gasteiger partial charge in [0.15, 0.2) is 6.23 Å². The van der Waals surface area contributed by atoms with Gasteiger partial charge in [-0.05, 0) is 61.0 Å². The van der Waals surface area contributed by atoms with Crippen LogP contribution in [-0.2, 0) is 16.0 Å². The van der Waals surface area contributed by atoms with Gasteiger partial charge in [-0.25, -0.2) is 0 Å². The molecule has 2 heterocycles. The lowest BCUT2D eigenvalue weighted by Crippen LogP contribution is -2.51. The van der Waals surface area contributed by atoms with Crippen LogP contribution in [0.2, 0.25) is 0 Å². The molecule has 0 unspecified atom stereocenters. The first-order valence-electron chi connectivity index (χ1n) is 11.1. The molecule has 2 aliphatic heterocycles. The highest BCUT2D eigenvalue weighted by Crippen LogP contribution is 2.34. The van der Waals surface area contributed by atoms with E-state index in [9.17, 15) is 4.79 Å². The van der Waals surface area contributed by atoms with Gasteiger partial charge in [-0.3, -0.25) is 4.79 Å². The van der Waals surface area contributed by atoms with Gasteiger partial charge in [0.25, 0.3) is 0 Å². The Morgan fingerprint density at radius 1 is 1.06 bits per heavy atom. The first-order valence-corrected chi connectivity index (χ1v) is 12.2. The van der Waals surface area contributed by atoms with Crippen molar-refractivity contribution in [3.63, 3.8) is 0 Å². The smallest absolute Gasteiger partial charge is 0.234 e. The van der Waals surface area contributed by atoms with E-state index in [-0.39, 0.29) is 12.3 Å². The predicted molar refractivity (Wildman–Crippen MR) is 128 cm³/mol. The maximum atomic E-state index is 12.8. The average molecular weight is 484 g/mol. The Hall–Kier alpha value is -1.04. The fourth-order valence-electron chi connectivity index (χ4n) is 5.03. The number of nitrogens with one attached hydrogen (secondary N) is 1. The summed E-state index contributed by atoms with van der Waals surface area (Å²) in [6, 6.07) is 14.5. The van der Waals surface area contributed by atoms with Crippen molar-refractivity contribution in [3.05, 3.63) is 48.0 Å². The monoisotopic (exact) mass is 482 g/mol. The lowest BCUT2D eigenvalue weighted by molar-refractivity contribution is -0.125. The third kappa shape index (κ3) is 5.85. The summed E-state index contributed by atoms with van der Waals surface area (Å²) in [5, 5.41) is 4.95. The van der Waals surface area contributed by atoms with Crippen LogP contribution in [0.3, 0.4) is 0 Å². The van der Waals surface area contributed by atoms with Crippen LogP contribution in [0, 0.1) is 5.92 Å². The summed E-state index contributed by atoms with van der Waals surface area (Å²) in [5.41, 5.74) is 0.934. The molecule has 0 bridgehead atoms. The SMILES string of the molecule is O=C(Cc1cccc2ccccc12)N[C@@H](OC[C@@H]1CCCN2CCCC[C@H]12)C(Cl)(Cl)Cl. The maximum absolute atomic E-state index is 12.8. The molecule has 2 aliphatic rings. The van der Waals surface area contributed by atoms with Crippen molar-refractivity contribution < 1.29 is 9.53 Å². The molecule has 3 atom stereocenters. The van der Waals surface area contributed by atoms with Gasteiger partial charge in [0.05, 0.1) is 13.0 Å². The molecule has 168 valence electrons. The molecule has 0 spiro atoms. The second kappa shape index (κ2) is 10.3. The predicted octanol–water partition coefficient (Wildman–Crippen LogP) is 5.48. The van der Waals surface area contributed by atoms with Crippen molar-refractivity contribution in [1.29, 1.82) is 0 Å². The number of piperidine rings is 2. The highest BCUT2D eigenvalue weighted by atomic mass is 35.6. The largest absolute Gasteiger partial charge is 0.354 e. The molecule has 0 saturated carbocycles. The molecule has 1 N–H and O–H groups in total. The van der Waals surface area contributed by atoms with Gasteiger partial charge in [-0.1, -0.05) is 83.7 Å². The topological polar surface area (TPSA) is 41.6 Å². The Labute approximate surface area is 199 Å². The van der Waals surface area contributed by atoms with E-state index in [1.807, 2.05) is 42.5 Å². The number of hydrogen-bond acceptors (Lipinski definition) is 3. The molecule has 0 aromatic heterocycles. The Morgan fingerprint density at radius 3 is 2.68 bits per heavy atom. The molecule has 1 amide bonds. The number of alkyl halides is 3. The fraction of sp³-hybridized carbons (Fsp3) is 0.542. The maximum Gasteiger partial charge on any atom is 0.234 e. The zero-order chi connectivity index (χ0) is 21.8. The Bertz CT molecular complexity index is 895. The Kier molecular flexibility index (Phi) is 7.66. The summed E-state index contributed by atoms with van der Waals surface area (Å²) in [7, 11) is 0. The number of nitrogens with zero attached hydrogens (tertiary/aromatic N) is 1. The molecule has 7 heteroatoms. The van der Waals surface area contributed by atoms with Crippen LogP contribution in [0.4, 0.5) is 0 Å². The van der Waals surface area contributed by atoms with Gasteiger partial charge in [0.2, 0.25) is 9.70 Å². The van der Waals surface area contributed by atoms with Crippen LogP contribution in [0.5, 0.6) is 0 Å². The van der Waals surface area contributed by atoms with Gasteiger partial charge in [-0.15, -0.1) is 0 Å². The minimum Gasteiger partial charge on any atom is -0.354 e. The highest BCUT2D eigenvalue weighted by molar-refractivity contribution is 6.68. The van der Waals surface area contributed by atoms with E-state index in [0.29, 0.717) is 18.6 Å². The molecule has 4 rings (SSSR count). The Balaban J connectivity index is 1.39. The quantitative estimate of drug-likeness (QED) is 0.437. The van der Waals surface area contributed by atoms with Crippen LogP contribution in [0.25, 0.3) is 10.8 Å². The average Bonchev–Trinajstić information content (AvgIpc) is 2.76. The van der Waals surface area contributed by atoms with E-state index in [2.05, 4.69) is 10.2 Å². The summed E-state index contributed by atoms with van der Waals surface area (Å²) in [6.07, 6.45) is 5.20. The van der Waals surface area contributed by atoms with Crippen molar-refractivity contribution in [1.82, 2.24) is 10.2 Å². The van der Waals surface area contributed by atoms with Crippen molar-refractivity contribution in [3.8, 4) is 0 Å². The lowest BCUT2D eigenvalue weighted by atomic mass is 9.84. The van der Waals surface area contributed by atoms with Crippen molar-refractivity contribution in [2.24, 2.45) is 5.92 Å². The van der Waals surface area contributed by atoms with Crippen LogP contribution < -0.4 is 5.32 Å².